The lowest BCUT2D eigenvalue weighted by molar-refractivity contribution is -0.123. The van der Waals surface area contributed by atoms with Gasteiger partial charge < -0.3 is 11.1 Å². The molecule has 1 atom stereocenters. The van der Waals surface area contributed by atoms with Crippen LogP contribution < -0.4 is 11.1 Å². The summed E-state index contributed by atoms with van der Waals surface area (Å²) in [6.45, 7) is 2.36. The Labute approximate surface area is 122 Å². The van der Waals surface area contributed by atoms with Crippen LogP contribution in [0.4, 0.5) is 0 Å². The maximum atomic E-state index is 12.0. The van der Waals surface area contributed by atoms with E-state index in [4.69, 9.17) is 5.73 Å². The van der Waals surface area contributed by atoms with Crippen molar-refractivity contribution < 1.29 is 4.79 Å². The Morgan fingerprint density at radius 1 is 1.16 bits per heavy atom. The normalized spacial score (nSPS) is 25.0. The van der Waals surface area contributed by atoms with Gasteiger partial charge in [-0.15, -0.1) is 12.4 Å². The second-order valence-corrected chi connectivity index (χ2v) is 5.75. The standard InChI is InChI=1S/C14H27N3O.ClH/c15-9-8-13-7-3-4-10-17(13)11-14(18)16-12-5-1-2-6-12;/h12-13H,1-11,15H2,(H,16,18);1H. The van der Waals surface area contributed by atoms with Gasteiger partial charge in [0.05, 0.1) is 6.54 Å². The minimum atomic E-state index is 0. The Kier molecular flexibility index (Phi) is 7.73. The SMILES string of the molecule is Cl.NCCC1CCCCN1CC(=O)NC1CCCC1. The summed E-state index contributed by atoms with van der Waals surface area (Å²) in [4.78, 5) is 14.4. The topological polar surface area (TPSA) is 58.4 Å². The number of hydrogen-bond donors (Lipinski definition) is 2. The fraction of sp³-hybridized carbons (Fsp3) is 0.929. The molecule has 1 saturated heterocycles. The van der Waals surface area contributed by atoms with Crippen LogP contribution in [0.15, 0.2) is 0 Å². The van der Waals surface area contributed by atoms with Gasteiger partial charge in [-0.3, -0.25) is 9.69 Å². The highest BCUT2D eigenvalue weighted by atomic mass is 35.5. The quantitative estimate of drug-likeness (QED) is 0.809. The van der Waals surface area contributed by atoms with E-state index in [0.717, 1.165) is 32.4 Å². The van der Waals surface area contributed by atoms with Crippen LogP contribution in [0.5, 0.6) is 0 Å². The molecule has 2 fully saturated rings. The van der Waals surface area contributed by atoms with Crippen LogP contribution in [0.25, 0.3) is 0 Å². The predicted molar refractivity (Wildman–Crippen MR) is 80.5 cm³/mol. The molecular formula is C14H28ClN3O. The van der Waals surface area contributed by atoms with Gasteiger partial charge in [-0.25, -0.2) is 0 Å². The highest BCUT2D eigenvalue weighted by Gasteiger charge is 2.25. The van der Waals surface area contributed by atoms with E-state index >= 15 is 0 Å². The summed E-state index contributed by atoms with van der Waals surface area (Å²) in [5, 5.41) is 3.18. The van der Waals surface area contributed by atoms with Crippen LogP contribution in [0, 0.1) is 0 Å². The number of nitrogens with one attached hydrogen (secondary N) is 1. The van der Waals surface area contributed by atoms with Crippen molar-refractivity contribution in [2.24, 2.45) is 5.73 Å². The van der Waals surface area contributed by atoms with E-state index in [1.807, 2.05) is 0 Å². The fourth-order valence-corrected chi connectivity index (χ4v) is 3.32. The third kappa shape index (κ3) is 5.28. The maximum Gasteiger partial charge on any atom is 0.234 e. The molecule has 0 spiro atoms. The fourth-order valence-electron chi connectivity index (χ4n) is 3.32. The van der Waals surface area contributed by atoms with Crippen LogP contribution in [0.3, 0.4) is 0 Å². The molecule has 3 N–H and O–H groups in total. The molecular weight excluding hydrogens is 262 g/mol. The second-order valence-electron chi connectivity index (χ2n) is 5.75. The number of nitrogens with zero attached hydrogens (tertiary/aromatic N) is 1. The number of nitrogens with two attached hydrogens (primary N) is 1. The highest BCUT2D eigenvalue weighted by molar-refractivity contribution is 5.85. The zero-order valence-corrected chi connectivity index (χ0v) is 12.6. The minimum absolute atomic E-state index is 0. The van der Waals surface area contributed by atoms with Gasteiger partial charge in [0.25, 0.3) is 0 Å². The number of hydrogen-bond acceptors (Lipinski definition) is 3. The smallest absolute Gasteiger partial charge is 0.234 e. The van der Waals surface area contributed by atoms with Crippen molar-refractivity contribution in [3.8, 4) is 0 Å². The number of carbonyl (C=O) groups is 1. The monoisotopic (exact) mass is 289 g/mol. The molecule has 19 heavy (non-hydrogen) atoms. The molecule has 0 bridgehead atoms. The zero-order chi connectivity index (χ0) is 12.8. The van der Waals surface area contributed by atoms with Crippen LogP contribution >= 0.6 is 12.4 Å². The van der Waals surface area contributed by atoms with Gasteiger partial charge in [-0.1, -0.05) is 19.3 Å². The van der Waals surface area contributed by atoms with E-state index in [0.29, 0.717) is 18.6 Å². The summed E-state index contributed by atoms with van der Waals surface area (Å²) in [6, 6.07) is 0.966. The third-order valence-corrected chi connectivity index (χ3v) is 4.32. The van der Waals surface area contributed by atoms with Gasteiger partial charge in [0.2, 0.25) is 5.91 Å². The van der Waals surface area contributed by atoms with Crippen molar-refractivity contribution in [3.05, 3.63) is 0 Å². The van der Waals surface area contributed by atoms with Crippen LogP contribution in [-0.4, -0.2) is 42.5 Å². The van der Waals surface area contributed by atoms with Crippen LogP contribution in [0.1, 0.15) is 51.4 Å². The van der Waals surface area contributed by atoms with E-state index in [2.05, 4.69) is 10.2 Å². The molecule has 2 rings (SSSR count). The van der Waals surface area contributed by atoms with Crippen molar-refractivity contribution in [3.63, 3.8) is 0 Å². The van der Waals surface area contributed by atoms with Crippen molar-refractivity contribution in [2.75, 3.05) is 19.6 Å². The molecule has 4 nitrogen and oxygen atoms in total. The van der Waals surface area contributed by atoms with Crippen molar-refractivity contribution >= 4 is 18.3 Å². The summed E-state index contributed by atoms with van der Waals surface area (Å²) >= 11 is 0. The molecule has 2 aliphatic rings. The molecule has 1 amide bonds. The van der Waals surface area contributed by atoms with Gasteiger partial charge in [0.15, 0.2) is 0 Å². The summed E-state index contributed by atoms with van der Waals surface area (Å²) in [7, 11) is 0. The first-order valence-electron chi connectivity index (χ1n) is 7.53. The molecule has 1 aliphatic carbocycles. The average molecular weight is 290 g/mol. The Bertz CT molecular complexity index is 267. The van der Waals surface area contributed by atoms with E-state index in [9.17, 15) is 4.79 Å². The lowest BCUT2D eigenvalue weighted by Crippen LogP contribution is -2.47. The van der Waals surface area contributed by atoms with Crippen LogP contribution in [-0.2, 0) is 4.79 Å². The third-order valence-electron chi connectivity index (χ3n) is 4.32. The van der Waals surface area contributed by atoms with Crippen molar-refractivity contribution in [1.29, 1.82) is 0 Å². The molecule has 1 saturated carbocycles. The Morgan fingerprint density at radius 2 is 1.84 bits per heavy atom. The molecule has 112 valence electrons. The first kappa shape index (κ1) is 16.7. The molecule has 0 aromatic rings. The number of rotatable bonds is 5. The second kappa shape index (κ2) is 8.77. The van der Waals surface area contributed by atoms with Gasteiger partial charge in [-0.2, -0.15) is 0 Å². The van der Waals surface area contributed by atoms with Gasteiger partial charge in [0.1, 0.15) is 0 Å². The molecule has 1 heterocycles. The lowest BCUT2D eigenvalue weighted by atomic mass is 9.99. The van der Waals surface area contributed by atoms with E-state index < -0.39 is 0 Å². The summed E-state index contributed by atoms with van der Waals surface area (Å²) in [5.41, 5.74) is 5.66. The Morgan fingerprint density at radius 3 is 2.53 bits per heavy atom. The number of halogens is 1. The molecule has 0 aromatic heterocycles. The first-order chi connectivity index (χ1) is 8.79. The first-order valence-corrected chi connectivity index (χ1v) is 7.53. The molecule has 0 radical (unpaired) electrons. The number of likely N-dealkylation sites (tertiary alicyclic amines) is 1. The lowest BCUT2D eigenvalue weighted by Gasteiger charge is -2.35. The number of piperidine rings is 1. The van der Waals surface area contributed by atoms with Crippen LogP contribution in [0.2, 0.25) is 0 Å². The van der Waals surface area contributed by atoms with E-state index in [1.54, 1.807) is 0 Å². The Balaban J connectivity index is 0.00000180. The molecule has 5 heteroatoms. The largest absolute Gasteiger partial charge is 0.352 e. The number of carbonyl (C=O) groups excluding carboxylic acids is 1. The van der Waals surface area contributed by atoms with Gasteiger partial charge in [0, 0.05) is 12.1 Å². The van der Waals surface area contributed by atoms with Gasteiger partial charge in [-0.05, 0) is 45.2 Å². The predicted octanol–water partition coefficient (Wildman–Crippen LogP) is 1.67. The summed E-state index contributed by atoms with van der Waals surface area (Å²) in [6.07, 6.45) is 9.60. The minimum Gasteiger partial charge on any atom is -0.352 e. The molecule has 0 aromatic carbocycles. The Hall–Kier alpha value is -0.320. The van der Waals surface area contributed by atoms with E-state index in [-0.39, 0.29) is 18.3 Å². The van der Waals surface area contributed by atoms with Crippen molar-refractivity contribution in [2.45, 2.75) is 63.5 Å². The van der Waals surface area contributed by atoms with Crippen molar-refractivity contribution in [1.82, 2.24) is 10.2 Å². The summed E-state index contributed by atoms with van der Waals surface area (Å²) < 4.78 is 0. The number of amides is 1. The van der Waals surface area contributed by atoms with Gasteiger partial charge >= 0.3 is 0 Å². The average Bonchev–Trinajstić information content (AvgIpc) is 2.84. The maximum absolute atomic E-state index is 12.0. The molecule has 1 aliphatic heterocycles. The zero-order valence-electron chi connectivity index (χ0n) is 11.8. The molecule has 1 unspecified atom stereocenters. The van der Waals surface area contributed by atoms with E-state index in [1.165, 1.54) is 32.1 Å². The highest BCUT2D eigenvalue weighted by Crippen LogP contribution is 2.20. The summed E-state index contributed by atoms with van der Waals surface area (Å²) in [5.74, 6) is 0.214.